The highest BCUT2D eigenvalue weighted by Crippen LogP contribution is 2.19. The number of aliphatic hydroxyl groups is 1. The van der Waals surface area contributed by atoms with E-state index < -0.39 is 6.10 Å². The molecule has 1 atom stereocenters. The predicted molar refractivity (Wildman–Crippen MR) is 107 cm³/mol. The Hall–Kier alpha value is -2.24. The lowest BCUT2D eigenvalue weighted by atomic mass is 10.1. The molecule has 0 aliphatic carbocycles. The molecule has 2 N–H and O–H groups in total. The largest absolute Gasteiger partial charge is 0.497 e. The highest BCUT2D eigenvalue weighted by molar-refractivity contribution is 6.31. The first-order chi connectivity index (χ1) is 12.5. The Labute approximate surface area is 160 Å². The van der Waals surface area contributed by atoms with E-state index in [-0.39, 0.29) is 6.54 Å². The van der Waals surface area contributed by atoms with E-state index in [0.717, 1.165) is 34.4 Å². The topological polar surface area (TPSA) is 57.1 Å². The van der Waals surface area contributed by atoms with Gasteiger partial charge in [0.25, 0.3) is 0 Å². The predicted octanol–water partition coefficient (Wildman–Crippen LogP) is 3.48. The van der Waals surface area contributed by atoms with Crippen LogP contribution in [0.25, 0.3) is 0 Å². The van der Waals surface area contributed by atoms with Crippen molar-refractivity contribution in [1.82, 2.24) is 10.2 Å². The van der Waals surface area contributed by atoms with Crippen LogP contribution in [0.1, 0.15) is 24.2 Å². The van der Waals surface area contributed by atoms with Crippen molar-refractivity contribution in [3.05, 3.63) is 64.7 Å². The van der Waals surface area contributed by atoms with Crippen molar-refractivity contribution in [2.24, 2.45) is 4.99 Å². The normalized spacial score (nSPS) is 12.6. The highest BCUT2D eigenvalue weighted by Gasteiger charge is 2.11. The lowest BCUT2D eigenvalue weighted by Gasteiger charge is -2.23. The molecular formula is C20H26ClN3O2. The fourth-order valence-corrected chi connectivity index (χ4v) is 2.73. The van der Waals surface area contributed by atoms with Gasteiger partial charge in [0.1, 0.15) is 5.75 Å². The Bertz CT molecular complexity index is 719. The molecule has 0 saturated carbocycles. The van der Waals surface area contributed by atoms with Gasteiger partial charge in [0, 0.05) is 25.2 Å². The minimum Gasteiger partial charge on any atom is -0.497 e. The molecule has 0 aliphatic rings. The Balaban J connectivity index is 2.05. The number of benzene rings is 2. The number of aliphatic hydroxyl groups excluding tert-OH is 1. The molecule has 0 saturated heterocycles. The molecule has 0 bridgehead atoms. The zero-order chi connectivity index (χ0) is 18.9. The van der Waals surface area contributed by atoms with E-state index in [0.29, 0.717) is 6.54 Å². The molecule has 2 aromatic rings. The van der Waals surface area contributed by atoms with E-state index in [1.54, 1.807) is 7.11 Å². The zero-order valence-electron chi connectivity index (χ0n) is 15.4. The van der Waals surface area contributed by atoms with Crippen LogP contribution in [-0.2, 0) is 6.54 Å². The standard InChI is InChI=1S/C20H26ClN3O2/c1-4-22-20(24(2)14-16-7-5-6-8-18(16)21)23-13-19(25)15-9-11-17(26-3)12-10-15/h5-12,19,25H,4,13-14H2,1-3H3,(H,22,23). The third-order valence-electron chi connectivity index (χ3n) is 3.98. The average Bonchev–Trinajstić information content (AvgIpc) is 2.66. The van der Waals surface area contributed by atoms with Gasteiger partial charge in [-0.05, 0) is 36.2 Å². The van der Waals surface area contributed by atoms with E-state index >= 15 is 0 Å². The fraction of sp³-hybridized carbons (Fsp3) is 0.350. The minimum absolute atomic E-state index is 0.265. The van der Waals surface area contributed by atoms with Crippen LogP contribution in [0.3, 0.4) is 0 Å². The maximum atomic E-state index is 10.4. The molecule has 0 radical (unpaired) electrons. The smallest absolute Gasteiger partial charge is 0.194 e. The Morgan fingerprint density at radius 2 is 1.92 bits per heavy atom. The number of hydrogen-bond donors (Lipinski definition) is 2. The second-order valence-electron chi connectivity index (χ2n) is 5.93. The molecule has 0 aliphatic heterocycles. The van der Waals surface area contributed by atoms with E-state index in [1.807, 2.05) is 67.4 Å². The number of halogens is 1. The van der Waals surface area contributed by atoms with E-state index in [4.69, 9.17) is 16.3 Å². The molecule has 26 heavy (non-hydrogen) atoms. The number of aliphatic imine (C=N–C) groups is 1. The number of rotatable bonds is 7. The van der Waals surface area contributed by atoms with Crippen molar-refractivity contribution >= 4 is 17.6 Å². The molecular weight excluding hydrogens is 350 g/mol. The first kappa shape index (κ1) is 20.1. The van der Waals surface area contributed by atoms with Gasteiger partial charge in [0.05, 0.1) is 19.8 Å². The highest BCUT2D eigenvalue weighted by atomic mass is 35.5. The fourth-order valence-electron chi connectivity index (χ4n) is 2.53. The van der Waals surface area contributed by atoms with Gasteiger partial charge in [-0.25, -0.2) is 0 Å². The molecule has 0 spiro atoms. The van der Waals surface area contributed by atoms with Crippen LogP contribution in [0, 0.1) is 0 Å². The third-order valence-corrected chi connectivity index (χ3v) is 4.35. The summed E-state index contributed by atoms with van der Waals surface area (Å²) in [5.74, 6) is 1.48. The van der Waals surface area contributed by atoms with Crippen molar-refractivity contribution in [1.29, 1.82) is 0 Å². The van der Waals surface area contributed by atoms with E-state index in [2.05, 4.69) is 10.3 Å². The van der Waals surface area contributed by atoms with Gasteiger partial charge in [-0.15, -0.1) is 0 Å². The Morgan fingerprint density at radius 3 is 2.54 bits per heavy atom. The maximum Gasteiger partial charge on any atom is 0.194 e. The number of methoxy groups -OCH3 is 1. The van der Waals surface area contributed by atoms with Crippen molar-refractivity contribution in [3.63, 3.8) is 0 Å². The van der Waals surface area contributed by atoms with Crippen LogP contribution in [0.4, 0.5) is 0 Å². The second kappa shape index (κ2) is 10.0. The Kier molecular flexibility index (Phi) is 7.75. The van der Waals surface area contributed by atoms with Crippen molar-refractivity contribution in [3.8, 4) is 5.75 Å². The van der Waals surface area contributed by atoms with Gasteiger partial charge in [0.15, 0.2) is 5.96 Å². The van der Waals surface area contributed by atoms with Gasteiger partial charge >= 0.3 is 0 Å². The first-order valence-electron chi connectivity index (χ1n) is 8.60. The molecule has 0 amide bonds. The molecule has 1 unspecified atom stereocenters. The SMILES string of the molecule is CCNC(=NCC(O)c1ccc(OC)cc1)N(C)Cc1ccccc1Cl. The summed E-state index contributed by atoms with van der Waals surface area (Å²) in [5.41, 5.74) is 1.83. The molecule has 0 heterocycles. The number of nitrogens with zero attached hydrogens (tertiary/aromatic N) is 2. The van der Waals surface area contributed by atoms with Gasteiger partial charge in [0.2, 0.25) is 0 Å². The van der Waals surface area contributed by atoms with Gasteiger partial charge in [-0.1, -0.05) is 41.9 Å². The summed E-state index contributed by atoms with van der Waals surface area (Å²) in [6.45, 7) is 3.65. The quantitative estimate of drug-likeness (QED) is 0.574. The number of ether oxygens (including phenoxy) is 1. The molecule has 6 heteroatoms. The summed E-state index contributed by atoms with van der Waals surface area (Å²) in [6, 6.07) is 15.1. The summed E-state index contributed by atoms with van der Waals surface area (Å²) in [6.07, 6.45) is -0.678. The molecule has 5 nitrogen and oxygen atoms in total. The van der Waals surface area contributed by atoms with Crippen molar-refractivity contribution in [2.75, 3.05) is 27.2 Å². The number of nitrogens with one attached hydrogen (secondary N) is 1. The third kappa shape index (κ3) is 5.64. The average molecular weight is 376 g/mol. The van der Waals surface area contributed by atoms with Gasteiger partial charge < -0.3 is 20.1 Å². The van der Waals surface area contributed by atoms with Crippen LogP contribution >= 0.6 is 11.6 Å². The van der Waals surface area contributed by atoms with Crippen molar-refractivity contribution < 1.29 is 9.84 Å². The molecule has 2 rings (SSSR count). The monoisotopic (exact) mass is 375 g/mol. The number of hydrogen-bond acceptors (Lipinski definition) is 3. The molecule has 140 valence electrons. The van der Waals surface area contributed by atoms with Crippen LogP contribution in [-0.4, -0.2) is 43.2 Å². The summed E-state index contributed by atoms with van der Waals surface area (Å²) in [5, 5.41) is 14.4. The summed E-state index contributed by atoms with van der Waals surface area (Å²) in [4.78, 5) is 6.56. The summed E-state index contributed by atoms with van der Waals surface area (Å²) in [7, 11) is 3.57. The van der Waals surface area contributed by atoms with E-state index in [9.17, 15) is 5.11 Å². The number of guanidine groups is 1. The van der Waals surface area contributed by atoms with Crippen molar-refractivity contribution in [2.45, 2.75) is 19.6 Å². The van der Waals surface area contributed by atoms with Crippen LogP contribution in [0.5, 0.6) is 5.75 Å². The zero-order valence-corrected chi connectivity index (χ0v) is 16.2. The lowest BCUT2D eigenvalue weighted by Crippen LogP contribution is -2.38. The molecule has 0 fully saturated rings. The van der Waals surface area contributed by atoms with E-state index in [1.165, 1.54) is 0 Å². The molecule has 2 aromatic carbocycles. The summed E-state index contributed by atoms with van der Waals surface area (Å²) >= 11 is 6.25. The van der Waals surface area contributed by atoms with Crippen LogP contribution in [0.15, 0.2) is 53.5 Å². The first-order valence-corrected chi connectivity index (χ1v) is 8.97. The Morgan fingerprint density at radius 1 is 1.23 bits per heavy atom. The van der Waals surface area contributed by atoms with Crippen LogP contribution < -0.4 is 10.1 Å². The lowest BCUT2D eigenvalue weighted by molar-refractivity contribution is 0.186. The molecule has 0 aromatic heterocycles. The minimum atomic E-state index is -0.678. The van der Waals surface area contributed by atoms with Crippen LogP contribution in [0.2, 0.25) is 5.02 Å². The summed E-state index contributed by atoms with van der Waals surface area (Å²) < 4.78 is 5.14. The maximum absolute atomic E-state index is 10.4. The van der Waals surface area contributed by atoms with Gasteiger partial charge in [-0.3, -0.25) is 4.99 Å². The second-order valence-corrected chi connectivity index (χ2v) is 6.34. The van der Waals surface area contributed by atoms with Gasteiger partial charge in [-0.2, -0.15) is 0 Å².